The summed E-state index contributed by atoms with van der Waals surface area (Å²) in [6, 6.07) is 11.4. The third-order valence-corrected chi connectivity index (χ3v) is 5.49. The molecular weight excluding hydrogens is 356 g/mol. The lowest BCUT2D eigenvalue weighted by molar-refractivity contribution is 0.102. The van der Waals surface area contributed by atoms with Crippen molar-refractivity contribution in [2.24, 2.45) is 0 Å². The zero-order valence-electron chi connectivity index (χ0n) is 13.6. The van der Waals surface area contributed by atoms with E-state index in [-0.39, 0.29) is 5.91 Å². The normalized spacial score (nSPS) is 13.0. The van der Waals surface area contributed by atoms with Gasteiger partial charge in [-0.25, -0.2) is 4.98 Å². The molecule has 0 aliphatic carbocycles. The quantitative estimate of drug-likeness (QED) is 0.687. The number of ether oxygens (including phenoxy) is 2. The predicted molar refractivity (Wildman–Crippen MR) is 101 cm³/mol. The number of nitrogens with zero attached hydrogens (tertiary/aromatic N) is 1. The summed E-state index contributed by atoms with van der Waals surface area (Å²) < 4.78 is 12.1. The van der Waals surface area contributed by atoms with Gasteiger partial charge in [-0.1, -0.05) is 24.3 Å². The second-order valence-electron chi connectivity index (χ2n) is 5.40. The van der Waals surface area contributed by atoms with Gasteiger partial charge in [0.15, 0.2) is 16.6 Å². The van der Waals surface area contributed by atoms with Crippen LogP contribution in [0.2, 0.25) is 0 Å². The number of thiazole rings is 1. The van der Waals surface area contributed by atoms with Crippen molar-refractivity contribution >= 4 is 44.4 Å². The molecular formula is C18H16N2O3S2. The van der Waals surface area contributed by atoms with Crippen molar-refractivity contribution in [3.05, 3.63) is 42.0 Å². The molecule has 1 N–H and O–H groups in total. The maximum atomic E-state index is 12.5. The summed E-state index contributed by atoms with van der Waals surface area (Å²) in [5, 5.41) is 3.45. The van der Waals surface area contributed by atoms with Crippen LogP contribution in [-0.4, -0.2) is 29.9 Å². The molecule has 4 rings (SSSR count). The van der Waals surface area contributed by atoms with Gasteiger partial charge in [0.2, 0.25) is 0 Å². The average molecular weight is 372 g/mol. The molecule has 2 aromatic carbocycles. The summed E-state index contributed by atoms with van der Waals surface area (Å²) >= 11 is 3.13. The topological polar surface area (TPSA) is 60.5 Å². The van der Waals surface area contributed by atoms with Crippen molar-refractivity contribution in [2.75, 3.05) is 24.3 Å². The molecule has 0 saturated heterocycles. The predicted octanol–water partition coefficient (Wildman–Crippen LogP) is 4.43. The van der Waals surface area contributed by atoms with Crippen LogP contribution >= 0.6 is 23.1 Å². The molecule has 1 aliphatic heterocycles. The van der Waals surface area contributed by atoms with Gasteiger partial charge in [-0.2, -0.15) is 0 Å². The fourth-order valence-electron chi connectivity index (χ4n) is 2.58. The monoisotopic (exact) mass is 372 g/mol. The molecule has 5 nitrogen and oxygen atoms in total. The van der Waals surface area contributed by atoms with E-state index in [9.17, 15) is 4.79 Å². The lowest BCUT2D eigenvalue weighted by Crippen LogP contribution is -2.15. The van der Waals surface area contributed by atoms with E-state index < -0.39 is 0 Å². The Morgan fingerprint density at radius 3 is 2.84 bits per heavy atom. The molecule has 128 valence electrons. The number of carbonyl (C=O) groups excluding carboxylic acids is 1. The minimum atomic E-state index is -0.158. The number of aromatic nitrogens is 1. The molecule has 0 spiro atoms. The Bertz CT molecular complexity index is 896. The maximum absolute atomic E-state index is 12.5. The highest BCUT2D eigenvalue weighted by molar-refractivity contribution is 7.99. The van der Waals surface area contributed by atoms with Crippen molar-refractivity contribution in [1.82, 2.24) is 4.98 Å². The highest BCUT2D eigenvalue weighted by Gasteiger charge is 2.16. The van der Waals surface area contributed by atoms with Crippen molar-refractivity contribution < 1.29 is 14.3 Å². The number of nitrogens with one attached hydrogen (secondary N) is 1. The van der Waals surface area contributed by atoms with Crippen molar-refractivity contribution in [2.45, 2.75) is 11.8 Å². The molecule has 2 heterocycles. The molecule has 0 saturated carbocycles. The molecule has 0 bridgehead atoms. The van der Waals surface area contributed by atoms with Crippen LogP contribution in [0.3, 0.4) is 0 Å². The van der Waals surface area contributed by atoms with E-state index in [1.807, 2.05) is 36.4 Å². The largest absolute Gasteiger partial charge is 0.486 e. The van der Waals surface area contributed by atoms with Crippen LogP contribution in [0, 0.1) is 0 Å². The van der Waals surface area contributed by atoms with Crippen LogP contribution in [-0.2, 0) is 0 Å². The van der Waals surface area contributed by atoms with E-state index in [1.165, 1.54) is 11.3 Å². The molecule has 0 radical (unpaired) electrons. The fraction of sp³-hybridized carbons (Fsp3) is 0.222. The van der Waals surface area contributed by atoms with Gasteiger partial charge in [-0.15, -0.1) is 11.8 Å². The van der Waals surface area contributed by atoms with Crippen LogP contribution in [0.15, 0.2) is 41.3 Å². The van der Waals surface area contributed by atoms with Crippen molar-refractivity contribution in [3.8, 4) is 11.5 Å². The van der Waals surface area contributed by atoms with E-state index in [4.69, 9.17) is 9.47 Å². The number of hydrogen-bond acceptors (Lipinski definition) is 6. The Morgan fingerprint density at radius 1 is 1.24 bits per heavy atom. The smallest absolute Gasteiger partial charge is 0.257 e. The zero-order valence-corrected chi connectivity index (χ0v) is 15.2. The van der Waals surface area contributed by atoms with E-state index in [0.717, 1.165) is 26.6 Å². The first-order valence-corrected chi connectivity index (χ1v) is 9.77. The Morgan fingerprint density at radius 2 is 2.04 bits per heavy atom. The van der Waals surface area contributed by atoms with E-state index in [1.54, 1.807) is 11.8 Å². The Balaban J connectivity index is 1.57. The lowest BCUT2D eigenvalue weighted by atomic mass is 10.2. The fourth-order valence-corrected chi connectivity index (χ4v) is 4.17. The number of benzene rings is 2. The number of hydrogen-bond donors (Lipinski definition) is 1. The Hall–Kier alpha value is -2.25. The van der Waals surface area contributed by atoms with Crippen LogP contribution in [0.4, 0.5) is 5.13 Å². The third kappa shape index (κ3) is 3.43. The van der Waals surface area contributed by atoms with Gasteiger partial charge in [-0.3, -0.25) is 10.1 Å². The molecule has 0 unspecified atom stereocenters. The SMILES string of the molecule is CCSc1cccc(C(=O)Nc2nc3cc4c(cc3s2)OCCO4)c1. The van der Waals surface area contributed by atoms with Gasteiger partial charge in [-0.05, 0) is 24.0 Å². The summed E-state index contributed by atoms with van der Waals surface area (Å²) in [5.41, 5.74) is 1.42. The van der Waals surface area contributed by atoms with Crippen molar-refractivity contribution in [3.63, 3.8) is 0 Å². The minimum Gasteiger partial charge on any atom is -0.486 e. The van der Waals surface area contributed by atoms with Gasteiger partial charge in [0, 0.05) is 22.6 Å². The number of fused-ring (bicyclic) bond motifs is 2. The van der Waals surface area contributed by atoms with Crippen LogP contribution in [0.1, 0.15) is 17.3 Å². The third-order valence-electron chi connectivity index (χ3n) is 3.68. The average Bonchev–Trinajstić information content (AvgIpc) is 3.01. The van der Waals surface area contributed by atoms with Crippen LogP contribution < -0.4 is 14.8 Å². The summed E-state index contributed by atoms with van der Waals surface area (Å²) in [6.45, 7) is 3.18. The minimum absolute atomic E-state index is 0.158. The number of rotatable bonds is 4. The van der Waals surface area contributed by atoms with Gasteiger partial charge < -0.3 is 9.47 Å². The lowest BCUT2D eigenvalue weighted by Gasteiger charge is -2.17. The van der Waals surface area contributed by atoms with Gasteiger partial charge in [0.1, 0.15) is 13.2 Å². The first-order chi connectivity index (χ1) is 12.2. The van der Waals surface area contributed by atoms with Gasteiger partial charge in [0.05, 0.1) is 10.2 Å². The summed E-state index contributed by atoms with van der Waals surface area (Å²) in [6.07, 6.45) is 0. The number of carbonyl (C=O) groups is 1. The molecule has 1 aromatic heterocycles. The number of amides is 1. The van der Waals surface area contributed by atoms with Crippen LogP contribution in [0.25, 0.3) is 10.2 Å². The first-order valence-electron chi connectivity index (χ1n) is 7.97. The standard InChI is InChI=1S/C18H16N2O3S2/c1-2-24-12-5-3-4-11(8-12)17(21)20-18-19-13-9-14-15(10-16(13)25-18)23-7-6-22-14/h3-5,8-10H,2,6-7H2,1H3,(H,19,20,21). The molecule has 7 heteroatoms. The highest BCUT2D eigenvalue weighted by atomic mass is 32.2. The highest BCUT2D eigenvalue weighted by Crippen LogP contribution is 2.37. The molecule has 1 aliphatic rings. The number of thioether (sulfide) groups is 1. The summed E-state index contributed by atoms with van der Waals surface area (Å²) in [4.78, 5) is 18.1. The van der Waals surface area contributed by atoms with E-state index in [2.05, 4.69) is 17.2 Å². The Kier molecular flexibility index (Phi) is 4.50. The van der Waals surface area contributed by atoms with Crippen molar-refractivity contribution in [1.29, 1.82) is 0 Å². The summed E-state index contributed by atoms with van der Waals surface area (Å²) in [7, 11) is 0. The van der Waals surface area contributed by atoms with Crippen LogP contribution in [0.5, 0.6) is 11.5 Å². The maximum Gasteiger partial charge on any atom is 0.257 e. The number of anilines is 1. The van der Waals surface area contributed by atoms with Gasteiger partial charge in [0.25, 0.3) is 5.91 Å². The van der Waals surface area contributed by atoms with E-state index >= 15 is 0 Å². The molecule has 25 heavy (non-hydrogen) atoms. The molecule has 0 atom stereocenters. The van der Waals surface area contributed by atoms with Gasteiger partial charge >= 0.3 is 0 Å². The second-order valence-corrected chi connectivity index (χ2v) is 7.77. The zero-order chi connectivity index (χ0) is 17.2. The molecule has 3 aromatic rings. The molecule has 1 amide bonds. The van der Waals surface area contributed by atoms with E-state index in [0.29, 0.717) is 29.7 Å². The summed E-state index contributed by atoms with van der Waals surface area (Å²) in [5.74, 6) is 2.24. The Labute approximate surface area is 153 Å². The second kappa shape index (κ2) is 6.93. The first kappa shape index (κ1) is 16.2. The molecule has 0 fully saturated rings.